The summed E-state index contributed by atoms with van der Waals surface area (Å²) in [6, 6.07) is 1.74. The van der Waals surface area contributed by atoms with E-state index in [0.29, 0.717) is 23.5 Å². The number of amides is 1. The van der Waals surface area contributed by atoms with Gasteiger partial charge in [0.15, 0.2) is 0 Å². The Morgan fingerprint density at radius 2 is 2.14 bits per heavy atom. The molecule has 0 radical (unpaired) electrons. The van der Waals surface area contributed by atoms with Gasteiger partial charge in [-0.2, -0.15) is 0 Å². The highest BCUT2D eigenvalue weighted by Crippen LogP contribution is 2.22. The Kier molecular flexibility index (Phi) is 6.23. The predicted molar refractivity (Wildman–Crippen MR) is 81.7 cm³/mol. The highest BCUT2D eigenvalue weighted by atomic mass is 16.2. The number of hydrogen-bond donors (Lipinski definition) is 2. The van der Waals surface area contributed by atoms with Crippen LogP contribution in [-0.2, 0) is 0 Å². The summed E-state index contributed by atoms with van der Waals surface area (Å²) in [6.07, 6.45) is 9.92. The lowest BCUT2D eigenvalue weighted by Crippen LogP contribution is -2.30. The first kappa shape index (κ1) is 15.5. The molecule has 112 valence electrons. The second kappa shape index (κ2) is 8.43. The molecule has 2 N–H and O–H groups in total. The molecular weight excluding hydrogens is 264 g/mol. The highest BCUT2D eigenvalue weighted by molar-refractivity contribution is 5.94. The number of nitrogens with one attached hydrogen (secondary N) is 1. The van der Waals surface area contributed by atoms with Crippen molar-refractivity contribution in [3.8, 4) is 11.8 Å². The maximum atomic E-state index is 12.1. The van der Waals surface area contributed by atoms with E-state index in [1.165, 1.54) is 32.1 Å². The van der Waals surface area contributed by atoms with Crippen LogP contribution in [0.1, 0.15) is 54.4 Å². The second-order valence-corrected chi connectivity index (χ2v) is 5.45. The van der Waals surface area contributed by atoms with Gasteiger partial charge in [-0.3, -0.25) is 9.78 Å². The second-order valence-electron chi connectivity index (χ2n) is 5.45. The van der Waals surface area contributed by atoms with Crippen molar-refractivity contribution < 1.29 is 9.90 Å². The van der Waals surface area contributed by atoms with E-state index in [2.05, 4.69) is 22.1 Å². The van der Waals surface area contributed by atoms with E-state index < -0.39 is 0 Å². The summed E-state index contributed by atoms with van der Waals surface area (Å²) in [6.45, 7) is 0.793. The van der Waals surface area contributed by atoms with E-state index in [-0.39, 0.29) is 12.5 Å². The number of rotatable bonds is 4. The molecule has 0 aliphatic heterocycles. The maximum absolute atomic E-state index is 12.1. The van der Waals surface area contributed by atoms with Crippen LogP contribution in [-0.4, -0.2) is 29.1 Å². The summed E-state index contributed by atoms with van der Waals surface area (Å²) in [5, 5.41) is 11.7. The Balaban J connectivity index is 1.89. The summed E-state index contributed by atoms with van der Waals surface area (Å²) in [5.41, 5.74) is 1.25. The topological polar surface area (TPSA) is 62.2 Å². The minimum atomic E-state index is -0.0844. The molecule has 1 heterocycles. The Morgan fingerprint density at radius 3 is 2.90 bits per heavy atom. The zero-order valence-corrected chi connectivity index (χ0v) is 12.3. The number of carbonyl (C=O) groups is 1. The van der Waals surface area contributed by atoms with Crippen LogP contribution < -0.4 is 5.32 Å². The number of aromatic nitrogens is 1. The monoisotopic (exact) mass is 286 g/mol. The number of aliphatic hydroxyl groups excluding tert-OH is 1. The number of carbonyl (C=O) groups excluding carboxylic acids is 1. The molecule has 1 saturated carbocycles. The molecule has 0 aromatic carbocycles. The average Bonchev–Trinajstić information content (AvgIpc) is 2.54. The average molecular weight is 286 g/mol. The molecule has 1 aliphatic rings. The van der Waals surface area contributed by atoms with Crippen molar-refractivity contribution in [3.05, 3.63) is 29.6 Å². The molecule has 1 aliphatic carbocycles. The first-order valence-electron chi connectivity index (χ1n) is 7.62. The molecule has 2 rings (SSSR count). The third-order valence-corrected chi connectivity index (χ3v) is 3.75. The maximum Gasteiger partial charge on any atom is 0.252 e. The molecule has 21 heavy (non-hydrogen) atoms. The number of aliphatic hydroxyl groups is 1. The van der Waals surface area contributed by atoms with E-state index in [1.54, 1.807) is 18.5 Å². The summed E-state index contributed by atoms with van der Waals surface area (Å²) in [5.74, 6) is 6.25. The van der Waals surface area contributed by atoms with Gasteiger partial charge >= 0.3 is 0 Å². The van der Waals surface area contributed by atoms with Gasteiger partial charge in [0.05, 0.1) is 12.2 Å². The quantitative estimate of drug-likeness (QED) is 0.833. The van der Waals surface area contributed by atoms with Gasteiger partial charge in [0.1, 0.15) is 0 Å². The summed E-state index contributed by atoms with van der Waals surface area (Å²) >= 11 is 0. The van der Waals surface area contributed by atoms with Crippen LogP contribution in [0.3, 0.4) is 0 Å². The van der Waals surface area contributed by atoms with Crippen molar-refractivity contribution in [2.45, 2.75) is 38.5 Å². The molecule has 0 spiro atoms. The molecule has 1 fully saturated rings. The van der Waals surface area contributed by atoms with Gasteiger partial charge < -0.3 is 10.4 Å². The smallest absolute Gasteiger partial charge is 0.252 e. The lowest BCUT2D eigenvalue weighted by atomic mass is 9.89. The van der Waals surface area contributed by atoms with Gasteiger partial charge in [-0.25, -0.2) is 0 Å². The molecule has 0 atom stereocenters. The van der Waals surface area contributed by atoms with Gasteiger partial charge in [0, 0.05) is 30.9 Å². The van der Waals surface area contributed by atoms with E-state index in [1.807, 2.05) is 0 Å². The number of hydrogen-bond acceptors (Lipinski definition) is 3. The summed E-state index contributed by atoms with van der Waals surface area (Å²) in [7, 11) is 0. The Morgan fingerprint density at radius 1 is 1.33 bits per heavy atom. The van der Waals surface area contributed by atoms with Gasteiger partial charge in [0.2, 0.25) is 0 Å². The summed E-state index contributed by atoms with van der Waals surface area (Å²) in [4.78, 5) is 16.2. The van der Waals surface area contributed by atoms with Crippen molar-refractivity contribution in [2.24, 2.45) is 5.92 Å². The molecule has 1 aromatic heterocycles. The van der Waals surface area contributed by atoms with Gasteiger partial charge in [-0.05, 0) is 24.8 Å². The van der Waals surface area contributed by atoms with Crippen molar-refractivity contribution >= 4 is 5.91 Å². The zero-order chi connectivity index (χ0) is 14.9. The van der Waals surface area contributed by atoms with Gasteiger partial charge in [-0.1, -0.05) is 31.1 Å². The first-order valence-corrected chi connectivity index (χ1v) is 7.62. The first-order chi connectivity index (χ1) is 10.3. The molecule has 1 amide bonds. The fourth-order valence-electron chi connectivity index (χ4n) is 2.58. The molecule has 0 bridgehead atoms. The van der Waals surface area contributed by atoms with Crippen molar-refractivity contribution in [2.75, 3.05) is 13.2 Å². The van der Waals surface area contributed by atoms with Crippen LogP contribution >= 0.6 is 0 Å². The highest BCUT2D eigenvalue weighted by Gasteiger charge is 2.15. The normalized spacial score (nSPS) is 15.1. The Bertz CT molecular complexity index is 525. The lowest BCUT2D eigenvalue weighted by molar-refractivity contribution is 0.0943. The Labute approximate surface area is 126 Å². The minimum Gasteiger partial charge on any atom is -0.395 e. The fraction of sp³-hybridized carbons (Fsp3) is 0.529. The molecule has 4 nitrogen and oxygen atoms in total. The molecule has 4 heteroatoms. The molecule has 0 saturated heterocycles. The lowest BCUT2D eigenvalue weighted by Gasteiger charge is -2.21. The minimum absolute atomic E-state index is 0.0436. The van der Waals surface area contributed by atoms with Crippen LogP contribution in [0.15, 0.2) is 18.5 Å². The standard InChI is InChI=1S/C17H22N2O2/c20-9-5-4-8-15-10-16(13-18-11-15)17(21)19-12-14-6-2-1-3-7-14/h10-11,13-14,20H,1-3,5-7,9,12H2,(H,19,21). The SMILES string of the molecule is O=C(NCC1CCCCC1)c1cncc(C#CCCO)c1. The molecule has 0 unspecified atom stereocenters. The number of pyridine rings is 1. The molecular formula is C17H22N2O2. The zero-order valence-electron chi connectivity index (χ0n) is 12.3. The van der Waals surface area contributed by atoms with E-state index in [0.717, 1.165) is 6.54 Å². The fourth-order valence-corrected chi connectivity index (χ4v) is 2.58. The molecule has 1 aromatic rings. The Hall–Kier alpha value is -1.86. The predicted octanol–water partition coefficient (Wildman–Crippen LogP) is 2.13. The van der Waals surface area contributed by atoms with Gasteiger partial charge in [0.25, 0.3) is 5.91 Å². The van der Waals surface area contributed by atoms with E-state index in [9.17, 15) is 4.79 Å². The van der Waals surface area contributed by atoms with Crippen LogP contribution in [0.5, 0.6) is 0 Å². The van der Waals surface area contributed by atoms with E-state index in [4.69, 9.17) is 5.11 Å². The van der Waals surface area contributed by atoms with E-state index >= 15 is 0 Å². The largest absolute Gasteiger partial charge is 0.395 e. The van der Waals surface area contributed by atoms with Crippen LogP contribution in [0, 0.1) is 17.8 Å². The van der Waals surface area contributed by atoms with Crippen LogP contribution in [0.2, 0.25) is 0 Å². The third kappa shape index (κ3) is 5.20. The van der Waals surface area contributed by atoms with Crippen molar-refractivity contribution in [1.29, 1.82) is 0 Å². The van der Waals surface area contributed by atoms with Crippen molar-refractivity contribution in [1.82, 2.24) is 10.3 Å². The van der Waals surface area contributed by atoms with Crippen LogP contribution in [0.25, 0.3) is 0 Å². The van der Waals surface area contributed by atoms with Crippen molar-refractivity contribution in [3.63, 3.8) is 0 Å². The summed E-state index contributed by atoms with van der Waals surface area (Å²) < 4.78 is 0. The third-order valence-electron chi connectivity index (χ3n) is 3.75. The van der Waals surface area contributed by atoms with Gasteiger partial charge in [-0.15, -0.1) is 0 Å². The number of nitrogens with zero attached hydrogens (tertiary/aromatic N) is 1. The van der Waals surface area contributed by atoms with Crippen LogP contribution in [0.4, 0.5) is 0 Å².